The van der Waals surface area contributed by atoms with Crippen LogP contribution in [0, 0.1) is 0 Å². The van der Waals surface area contributed by atoms with Gasteiger partial charge in [-0.15, -0.1) is 12.4 Å². The van der Waals surface area contributed by atoms with E-state index >= 15 is 0 Å². The quantitative estimate of drug-likeness (QED) is 0.796. The predicted octanol–water partition coefficient (Wildman–Crippen LogP) is 3.83. The molecule has 2 aromatic carbocycles. The van der Waals surface area contributed by atoms with E-state index in [1.54, 1.807) is 0 Å². The first-order valence-corrected chi connectivity index (χ1v) is 8.55. The zero-order valence-electron chi connectivity index (χ0n) is 14.5. The zero-order valence-corrected chi connectivity index (χ0v) is 15.3. The molecule has 0 saturated heterocycles. The minimum absolute atomic E-state index is 0. The third-order valence-corrected chi connectivity index (χ3v) is 4.53. The Morgan fingerprint density at radius 3 is 2.88 bits per heavy atom. The molecule has 25 heavy (non-hydrogen) atoms. The van der Waals surface area contributed by atoms with Crippen molar-refractivity contribution in [2.24, 2.45) is 0 Å². The number of carbonyl (C=O) groups is 1. The van der Waals surface area contributed by atoms with Gasteiger partial charge in [0.2, 0.25) is 0 Å². The van der Waals surface area contributed by atoms with Crippen molar-refractivity contribution in [2.45, 2.75) is 38.6 Å². The van der Waals surface area contributed by atoms with Crippen molar-refractivity contribution in [3.8, 4) is 5.75 Å². The summed E-state index contributed by atoms with van der Waals surface area (Å²) >= 11 is 0. The number of anilines is 1. The molecule has 4 nitrogen and oxygen atoms in total. The molecule has 0 bridgehead atoms. The minimum Gasteiger partial charge on any atom is -0.483 e. The fourth-order valence-corrected chi connectivity index (χ4v) is 3.30. The molecular formula is C20H25ClN2O2. The number of hydrogen-bond acceptors (Lipinski definition) is 3. The van der Waals surface area contributed by atoms with Crippen molar-refractivity contribution in [3.05, 3.63) is 59.2 Å². The first kappa shape index (κ1) is 19.1. The van der Waals surface area contributed by atoms with Crippen LogP contribution in [0.15, 0.2) is 42.5 Å². The van der Waals surface area contributed by atoms with Crippen molar-refractivity contribution < 1.29 is 9.53 Å². The molecule has 5 heteroatoms. The summed E-state index contributed by atoms with van der Waals surface area (Å²) in [4.78, 5) is 12.3. The number of rotatable bonds is 5. The van der Waals surface area contributed by atoms with E-state index in [9.17, 15) is 4.79 Å². The summed E-state index contributed by atoms with van der Waals surface area (Å²) < 4.78 is 5.71. The van der Waals surface area contributed by atoms with Crippen molar-refractivity contribution in [3.63, 3.8) is 0 Å². The summed E-state index contributed by atoms with van der Waals surface area (Å²) in [7, 11) is 0. The molecule has 134 valence electrons. The van der Waals surface area contributed by atoms with Crippen LogP contribution in [0.5, 0.6) is 5.75 Å². The number of carbonyl (C=O) groups excluding carboxylic acids is 1. The Hall–Kier alpha value is -2.20. The van der Waals surface area contributed by atoms with Crippen LogP contribution in [0.1, 0.15) is 42.5 Å². The normalized spacial score (nSPS) is 15.6. The monoisotopic (exact) mass is 360 g/mol. The number of benzene rings is 2. The van der Waals surface area contributed by atoms with E-state index < -0.39 is 0 Å². The molecule has 3 rings (SSSR count). The summed E-state index contributed by atoms with van der Waals surface area (Å²) in [6.07, 6.45) is 3.91. The SMILES string of the molecule is CCc1ccccc1OCC(=O)NC1CCCc2cc(N)ccc21.Cl. The van der Waals surface area contributed by atoms with E-state index in [1.807, 2.05) is 42.5 Å². The Balaban J connectivity index is 0.00000225. The maximum absolute atomic E-state index is 12.3. The summed E-state index contributed by atoms with van der Waals surface area (Å²) in [5.74, 6) is 0.697. The summed E-state index contributed by atoms with van der Waals surface area (Å²) in [6, 6.07) is 13.8. The maximum atomic E-state index is 12.3. The van der Waals surface area contributed by atoms with Crippen LogP contribution in [0.4, 0.5) is 5.69 Å². The number of para-hydroxylation sites is 1. The number of fused-ring (bicyclic) bond motifs is 1. The van der Waals surface area contributed by atoms with Crippen molar-refractivity contribution >= 4 is 24.0 Å². The van der Waals surface area contributed by atoms with E-state index in [1.165, 1.54) is 11.1 Å². The second-order valence-electron chi connectivity index (χ2n) is 6.22. The second kappa shape index (κ2) is 8.77. The lowest BCUT2D eigenvalue weighted by molar-refractivity contribution is -0.124. The van der Waals surface area contributed by atoms with E-state index in [0.717, 1.165) is 42.7 Å². The predicted molar refractivity (Wildman–Crippen MR) is 103 cm³/mol. The van der Waals surface area contributed by atoms with Gasteiger partial charge in [0, 0.05) is 5.69 Å². The van der Waals surface area contributed by atoms with Gasteiger partial charge in [-0.3, -0.25) is 4.79 Å². The first-order valence-electron chi connectivity index (χ1n) is 8.55. The molecule has 0 saturated carbocycles. The van der Waals surface area contributed by atoms with Crippen molar-refractivity contribution in [2.75, 3.05) is 12.3 Å². The topological polar surface area (TPSA) is 64.3 Å². The zero-order chi connectivity index (χ0) is 16.9. The van der Waals surface area contributed by atoms with Crippen LogP contribution < -0.4 is 15.8 Å². The van der Waals surface area contributed by atoms with E-state index in [0.29, 0.717) is 0 Å². The molecule has 0 radical (unpaired) electrons. The fourth-order valence-electron chi connectivity index (χ4n) is 3.30. The molecule has 0 spiro atoms. The number of ether oxygens (including phenoxy) is 1. The second-order valence-corrected chi connectivity index (χ2v) is 6.22. The highest BCUT2D eigenvalue weighted by Crippen LogP contribution is 2.31. The highest BCUT2D eigenvalue weighted by atomic mass is 35.5. The molecule has 0 aromatic heterocycles. The first-order chi connectivity index (χ1) is 11.7. The average Bonchev–Trinajstić information content (AvgIpc) is 2.60. The standard InChI is InChI=1S/C20H24N2O2.ClH/c1-2-14-6-3-4-9-19(14)24-13-20(23)22-18-8-5-7-15-12-16(21)10-11-17(15)18;/h3-4,6,9-12,18H,2,5,7-8,13,21H2,1H3,(H,22,23);1H. The van der Waals surface area contributed by atoms with Gasteiger partial charge >= 0.3 is 0 Å². The molecule has 0 heterocycles. The molecule has 1 aliphatic rings. The number of aryl methyl sites for hydroxylation is 2. The smallest absolute Gasteiger partial charge is 0.258 e. The summed E-state index contributed by atoms with van der Waals surface area (Å²) in [5, 5.41) is 3.10. The molecule has 1 amide bonds. The molecule has 1 aliphatic carbocycles. The molecule has 1 atom stereocenters. The van der Waals surface area contributed by atoms with E-state index in [2.05, 4.69) is 12.2 Å². The molecule has 0 fully saturated rings. The Morgan fingerprint density at radius 1 is 1.28 bits per heavy atom. The Labute approximate surface area is 155 Å². The number of hydrogen-bond donors (Lipinski definition) is 2. The lowest BCUT2D eigenvalue weighted by Gasteiger charge is -2.26. The largest absolute Gasteiger partial charge is 0.483 e. The highest BCUT2D eigenvalue weighted by molar-refractivity contribution is 5.85. The lowest BCUT2D eigenvalue weighted by Crippen LogP contribution is -2.34. The Bertz CT molecular complexity index is 733. The van der Waals surface area contributed by atoms with Gasteiger partial charge in [0.25, 0.3) is 5.91 Å². The average molecular weight is 361 g/mol. The molecular weight excluding hydrogens is 336 g/mol. The van der Waals surface area contributed by atoms with Gasteiger partial charge in [0.05, 0.1) is 6.04 Å². The third-order valence-electron chi connectivity index (χ3n) is 4.53. The van der Waals surface area contributed by atoms with Crippen LogP contribution in [0.2, 0.25) is 0 Å². The summed E-state index contributed by atoms with van der Waals surface area (Å²) in [5.41, 5.74) is 10.2. The van der Waals surface area contributed by atoms with Crippen LogP contribution in [-0.2, 0) is 17.6 Å². The van der Waals surface area contributed by atoms with E-state index in [-0.39, 0.29) is 31.0 Å². The van der Waals surface area contributed by atoms with E-state index in [4.69, 9.17) is 10.5 Å². The van der Waals surface area contributed by atoms with Gasteiger partial charge in [0.1, 0.15) is 5.75 Å². The van der Waals surface area contributed by atoms with Crippen molar-refractivity contribution in [1.82, 2.24) is 5.32 Å². The van der Waals surface area contributed by atoms with Gasteiger partial charge in [-0.25, -0.2) is 0 Å². The minimum atomic E-state index is -0.0874. The maximum Gasteiger partial charge on any atom is 0.258 e. The van der Waals surface area contributed by atoms with Gasteiger partial charge < -0.3 is 15.8 Å². The lowest BCUT2D eigenvalue weighted by atomic mass is 9.87. The van der Waals surface area contributed by atoms with Gasteiger partial charge in [0.15, 0.2) is 6.61 Å². The van der Waals surface area contributed by atoms with Crippen LogP contribution in [0.25, 0.3) is 0 Å². The Kier molecular flexibility index (Phi) is 6.71. The fraction of sp³-hybridized carbons (Fsp3) is 0.350. The number of nitrogens with two attached hydrogens (primary N) is 1. The Morgan fingerprint density at radius 2 is 2.08 bits per heavy atom. The van der Waals surface area contributed by atoms with Gasteiger partial charge in [-0.2, -0.15) is 0 Å². The molecule has 1 unspecified atom stereocenters. The van der Waals surface area contributed by atoms with Crippen LogP contribution in [0.3, 0.4) is 0 Å². The number of nitrogens with one attached hydrogen (secondary N) is 1. The third kappa shape index (κ3) is 4.67. The van der Waals surface area contributed by atoms with Crippen molar-refractivity contribution in [1.29, 1.82) is 0 Å². The molecule has 0 aliphatic heterocycles. The molecule has 2 aromatic rings. The molecule has 3 N–H and O–H groups in total. The number of nitrogen functional groups attached to an aromatic ring is 1. The van der Waals surface area contributed by atoms with Gasteiger partial charge in [-0.1, -0.05) is 31.2 Å². The number of amides is 1. The van der Waals surface area contributed by atoms with Gasteiger partial charge in [-0.05, 0) is 60.6 Å². The number of halogens is 1. The summed E-state index contributed by atoms with van der Waals surface area (Å²) in [6.45, 7) is 2.12. The van der Waals surface area contributed by atoms with Crippen LogP contribution >= 0.6 is 12.4 Å². The highest BCUT2D eigenvalue weighted by Gasteiger charge is 2.22. The van der Waals surface area contributed by atoms with Crippen LogP contribution in [-0.4, -0.2) is 12.5 Å².